The highest BCUT2D eigenvalue weighted by Gasteiger charge is 2.19. The Morgan fingerprint density at radius 2 is 2.05 bits per heavy atom. The highest BCUT2D eigenvalue weighted by Crippen LogP contribution is 2.34. The van der Waals surface area contributed by atoms with Gasteiger partial charge < -0.3 is 9.84 Å². The summed E-state index contributed by atoms with van der Waals surface area (Å²) in [7, 11) is 0. The molecule has 0 spiro atoms. The van der Waals surface area contributed by atoms with Crippen molar-refractivity contribution >= 4 is 16.7 Å². The summed E-state index contributed by atoms with van der Waals surface area (Å²) in [5.74, 6) is -0.737. The number of fused-ring (bicyclic) bond motifs is 1. The highest BCUT2D eigenvalue weighted by molar-refractivity contribution is 5.93. The van der Waals surface area contributed by atoms with Crippen molar-refractivity contribution in [2.75, 3.05) is 0 Å². The predicted molar refractivity (Wildman–Crippen MR) is 74.9 cm³/mol. The number of ether oxygens (including phenoxy) is 1. The van der Waals surface area contributed by atoms with Crippen LogP contribution < -0.4 is 0 Å². The van der Waals surface area contributed by atoms with Gasteiger partial charge in [-0.2, -0.15) is 5.26 Å². The third-order valence-electron chi connectivity index (χ3n) is 3.02. The molecule has 1 unspecified atom stereocenters. The molecule has 2 rings (SSSR count). The van der Waals surface area contributed by atoms with Gasteiger partial charge in [-0.05, 0) is 23.8 Å². The van der Waals surface area contributed by atoms with Crippen LogP contribution in [-0.4, -0.2) is 11.1 Å². The maximum absolute atomic E-state index is 11.6. The quantitative estimate of drug-likeness (QED) is 0.526. The minimum Gasteiger partial charge on any atom is -0.508 e. The standard InChI is InChI=1S/C16H13NO3/c1-10(9-17)16(19)20-11(2)15-13-6-4-3-5-12(13)7-8-14(15)18/h3-8,11,18H,1H2,2H3. The molecule has 0 saturated carbocycles. The number of aromatic hydroxyl groups is 1. The van der Waals surface area contributed by atoms with Gasteiger partial charge in [-0.25, -0.2) is 4.79 Å². The number of nitriles is 1. The fourth-order valence-electron chi connectivity index (χ4n) is 2.05. The SMILES string of the molecule is C=C(C#N)C(=O)OC(C)c1c(O)ccc2ccccc12. The van der Waals surface area contributed by atoms with E-state index in [1.54, 1.807) is 25.1 Å². The zero-order valence-corrected chi connectivity index (χ0v) is 11.0. The second-order valence-corrected chi connectivity index (χ2v) is 4.36. The topological polar surface area (TPSA) is 70.3 Å². The third kappa shape index (κ3) is 2.47. The third-order valence-corrected chi connectivity index (χ3v) is 3.02. The lowest BCUT2D eigenvalue weighted by atomic mass is 10.00. The van der Waals surface area contributed by atoms with E-state index in [1.165, 1.54) is 0 Å². The summed E-state index contributed by atoms with van der Waals surface area (Å²) in [5.41, 5.74) is 0.249. The second kappa shape index (κ2) is 5.45. The van der Waals surface area contributed by atoms with E-state index in [0.717, 1.165) is 10.8 Å². The summed E-state index contributed by atoms with van der Waals surface area (Å²) in [6.07, 6.45) is -0.682. The van der Waals surface area contributed by atoms with Gasteiger partial charge in [0.1, 0.15) is 23.5 Å². The van der Waals surface area contributed by atoms with Crippen molar-refractivity contribution in [1.82, 2.24) is 0 Å². The monoisotopic (exact) mass is 267 g/mol. The van der Waals surface area contributed by atoms with Gasteiger partial charge in [0, 0.05) is 5.56 Å². The smallest absolute Gasteiger partial charge is 0.348 e. The van der Waals surface area contributed by atoms with Gasteiger partial charge in [0.2, 0.25) is 0 Å². The van der Waals surface area contributed by atoms with Crippen LogP contribution in [0.25, 0.3) is 10.8 Å². The molecule has 20 heavy (non-hydrogen) atoms. The Balaban J connectivity index is 2.42. The molecule has 0 saturated heterocycles. The summed E-state index contributed by atoms with van der Waals surface area (Å²) in [5, 5.41) is 20.4. The zero-order valence-electron chi connectivity index (χ0n) is 11.0. The van der Waals surface area contributed by atoms with Crippen molar-refractivity contribution in [3.05, 3.63) is 54.1 Å². The fraction of sp³-hybridized carbons (Fsp3) is 0.125. The van der Waals surface area contributed by atoms with Gasteiger partial charge in [-0.1, -0.05) is 36.9 Å². The van der Waals surface area contributed by atoms with Crippen molar-refractivity contribution < 1.29 is 14.6 Å². The van der Waals surface area contributed by atoms with Gasteiger partial charge in [-0.3, -0.25) is 0 Å². The van der Waals surface area contributed by atoms with Crippen LogP contribution in [0.2, 0.25) is 0 Å². The molecule has 4 heteroatoms. The first kappa shape index (κ1) is 13.6. The molecule has 1 atom stereocenters. The molecule has 0 aliphatic carbocycles. The van der Waals surface area contributed by atoms with Crippen LogP contribution in [0.1, 0.15) is 18.6 Å². The van der Waals surface area contributed by atoms with E-state index in [-0.39, 0.29) is 11.3 Å². The van der Waals surface area contributed by atoms with Crippen LogP contribution in [0.15, 0.2) is 48.6 Å². The molecule has 1 N–H and O–H groups in total. The molecule has 0 aliphatic rings. The van der Waals surface area contributed by atoms with Crippen LogP contribution in [0, 0.1) is 11.3 Å². The van der Waals surface area contributed by atoms with Gasteiger partial charge in [-0.15, -0.1) is 0 Å². The summed E-state index contributed by atoms with van der Waals surface area (Å²) < 4.78 is 5.16. The molecular formula is C16H13NO3. The maximum atomic E-state index is 11.6. The maximum Gasteiger partial charge on any atom is 0.348 e. The number of carbonyl (C=O) groups is 1. The van der Waals surface area contributed by atoms with E-state index in [2.05, 4.69) is 6.58 Å². The Morgan fingerprint density at radius 3 is 2.75 bits per heavy atom. The van der Waals surface area contributed by atoms with Crippen molar-refractivity contribution in [3.63, 3.8) is 0 Å². The number of hydrogen-bond acceptors (Lipinski definition) is 4. The fourth-order valence-corrected chi connectivity index (χ4v) is 2.05. The van der Waals surface area contributed by atoms with Crippen molar-refractivity contribution in [2.45, 2.75) is 13.0 Å². The number of phenols is 1. The van der Waals surface area contributed by atoms with Crippen LogP contribution in [0.3, 0.4) is 0 Å². The van der Waals surface area contributed by atoms with Crippen LogP contribution in [-0.2, 0) is 9.53 Å². The molecule has 2 aromatic rings. The normalized spacial score (nSPS) is 11.6. The molecule has 100 valence electrons. The number of rotatable bonds is 3. The molecule has 4 nitrogen and oxygen atoms in total. The van der Waals surface area contributed by atoms with Gasteiger partial charge >= 0.3 is 5.97 Å². The number of esters is 1. The molecule has 0 aliphatic heterocycles. The van der Waals surface area contributed by atoms with E-state index in [9.17, 15) is 9.90 Å². The molecule has 0 fully saturated rings. The van der Waals surface area contributed by atoms with Crippen LogP contribution >= 0.6 is 0 Å². The zero-order chi connectivity index (χ0) is 14.7. The molecule has 0 amide bonds. The summed E-state index contributed by atoms with van der Waals surface area (Å²) in [6, 6.07) is 12.5. The summed E-state index contributed by atoms with van der Waals surface area (Å²) in [6.45, 7) is 4.95. The van der Waals surface area contributed by atoms with E-state index in [0.29, 0.717) is 5.56 Å². The lowest BCUT2D eigenvalue weighted by Crippen LogP contribution is -2.10. The number of hydrogen-bond donors (Lipinski definition) is 1. The minimum absolute atomic E-state index is 0.0477. The highest BCUT2D eigenvalue weighted by atomic mass is 16.5. The van der Waals surface area contributed by atoms with E-state index in [1.807, 2.05) is 24.3 Å². The lowest BCUT2D eigenvalue weighted by Gasteiger charge is -2.16. The van der Waals surface area contributed by atoms with Gasteiger partial charge in [0.05, 0.1) is 0 Å². The molecule has 0 aromatic heterocycles. The molecule has 0 radical (unpaired) electrons. The first-order valence-electron chi connectivity index (χ1n) is 6.05. The summed E-state index contributed by atoms with van der Waals surface area (Å²) in [4.78, 5) is 11.6. The van der Waals surface area contributed by atoms with Crippen LogP contribution in [0.4, 0.5) is 0 Å². The van der Waals surface area contributed by atoms with Crippen molar-refractivity contribution in [1.29, 1.82) is 5.26 Å². The largest absolute Gasteiger partial charge is 0.508 e. The predicted octanol–water partition coefficient (Wildman–Crippen LogP) is 3.23. The summed E-state index contributed by atoms with van der Waals surface area (Å²) >= 11 is 0. The lowest BCUT2D eigenvalue weighted by molar-refractivity contribution is -0.143. The van der Waals surface area contributed by atoms with Crippen molar-refractivity contribution in [2.24, 2.45) is 0 Å². The van der Waals surface area contributed by atoms with E-state index in [4.69, 9.17) is 10.00 Å². The van der Waals surface area contributed by atoms with Gasteiger partial charge in [0.15, 0.2) is 0 Å². The second-order valence-electron chi connectivity index (χ2n) is 4.36. The molecule has 0 bridgehead atoms. The van der Waals surface area contributed by atoms with E-state index >= 15 is 0 Å². The molecule has 0 heterocycles. The Bertz CT molecular complexity index is 728. The number of carbonyl (C=O) groups excluding carboxylic acids is 1. The molecular weight excluding hydrogens is 254 g/mol. The Labute approximate surface area is 116 Å². The number of phenolic OH excluding ortho intramolecular Hbond substituents is 1. The Kier molecular flexibility index (Phi) is 3.72. The van der Waals surface area contributed by atoms with Crippen LogP contribution in [0.5, 0.6) is 5.75 Å². The molecule has 2 aromatic carbocycles. The van der Waals surface area contributed by atoms with Crippen molar-refractivity contribution in [3.8, 4) is 11.8 Å². The average Bonchev–Trinajstić information content (AvgIpc) is 2.45. The number of nitrogens with zero attached hydrogens (tertiary/aromatic N) is 1. The van der Waals surface area contributed by atoms with Gasteiger partial charge in [0.25, 0.3) is 0 Å². The Hall–Kier alpha value is -2.80. The average molecular weight is 267 g/mol. The first-order valence-corrected chi connectivity index (χ1v) is 6.05. The number of benzene rings is 2. The van der Waals surface area contributed by atoms with E-state index < -0.39 is 12.1 Å². The first-order chi connectivity index (χ1) is 9.54. The Morgan fingerprint density at radius 1 is 1.35 bits per heavy atom. The minimum atomic E-state index is -0.785.